The van der Waals surface area contributed by atoms with Crippen molar-refractivity contribution in [3.63, 3.8) is 0 Å². The van der Waals surface area contributed by atoms with Gasteiger partial charge in [0.2, 0.25) is 0 Å². The highest BCUT2D eigenvalue weighted by atomic mass is 16.5. The number of ether oxygens (including phenoxy) is 2. The van der Waals surface area contributed by atoms with Crippen LogP contribution in [0.3, 0.4) is 0 Å². The molecule has 0 bridgehead atoms. The van der Waals surface area contributed by atoms with Crippen LogP contribution >= 0.6 is 0 Å². The number of carbonyl (C=O) groups is 2. The highest BCUT2D eigenvalue weighted by Gasteiger charge is 2.37. The summed E-state index contributed by atoms with van der Waals surface area (Å²) < 4.78 is 11.3. The Morgan fingerprint density at radius 1 is 1.09 bits per heavy atom. The maximum absolute atomic E-state index is 12.0. The quantitative estimate of drug-likeness (QED) is 0.784. The molecule has 0 spiro atoms. The van der Waals surface area contributed by atoms with Crippen molar-refractivity contribution in [3.8, 4) is 11.5 Å². The van der Waals surface area contributed by atoms with E-state index in [4.69, 9.17) is 9.47 Å². The van der Waals surface area contributed by atoms with Gasteiger partial charge < -0.3 is 9.47 Å². The number of carbonyl (C=O) groups excluding carboxylic acids is 2. The fourth-order valence-electron chi connectivity index (χ4n) is 3.16. The second-order valence-corrected chi connectivity index (χ2v) is 5.29. The third-order valence-corrected chi connectivity index (χ3v) is 4.01. The molecule has 22 heavy (non-hydrogen) atoms. The van der Waals surface area contributed by atoms with E-state index in [2.05, 4.69) is 0 Å². The van der Waals surface area contributed by atoms with Crippen LogP contribution in [0.5, 0.6) is 11.5 Å². The maximum Gasteiger partial charge on any atom is 0.254 e. The topological polar surface area (TPSA) is 55.8 Å². The largest absolute Gasteiger partial charge is 0.494 e. The van der Waals surface area contributed by atoms with Crippen LogP contribution in [-0.2, 0) is 16.0 Å². The molecule has 1 aliphatic heterocycles. The van der Waals surface area contributed by atoms with Crippen molar-refractivity contribution in [2.24, 2.45) is 0 Å². The van der Waals surface area contributed by atoms with Crippen LogP contribution in [0.15, 0.2) is 24.3 Å². The van der Waals surface area contributed by atoms with Gasteiger partial charge >= 0.3 is 0 Å². The summed E-state index contributed by atoms with van der Waals surface area (Å²) in [6.45, 7) is 4.97. The van der Waals surface area contributed by atoms with E-state index >= 15 is 0 Å². The van der Waals surface area contributed by atoms with Gasteiger partial charge in [0.1, 0.15) is 11.5 Å². The molecule has 1 aromatic carbocycles. The molecule has 116 valence electrons. The van der Waals surface area contributed by atoms with E-state index < -0.39 is 0 Å². The van der Waals surface area contributed by atoms with Crippen LogP contribution in [0.25, 0.3) is 0 Å². The Kier molecular flexibility index (Phi) is 3.88. The number of rotatable bonds is 5. The minimum atomic E-state index is -0.248. The smallest absolute Gasteiger partial charge is 0.254 e. The predicted octanol–water partition coefficient (Wildman–Crippen LogP) is 2.40. The van der Waals surface area contributed by atoms with E-state index in [1.54, 1.807) is 0 Å². The number of hydrogen-bond acceptors (Lipinski definition) is 4. The first-order chi connectivity index (χ1) is 10.7. The Morgan fingerprint density at radius 2 is 1.77 bits per heavy atom. The standard InChI is InChI=1S/C17H19NO4/c1-3-21-11-9-13-12(15(10-11)22-4-2)5-6-14(13)18-16(19)7-8-17(18)20/h7-10,14H,3-6H2,1-2H3/t14-/m0/s1. The summed E-state index contributed by atoms with van der Waals surface area (Å²) >= 11 is 0. The minimum absolute atomic E-state index is 0.232. The van der Waals surface area contributed by atoms with Gasteiger partial charge in [-0.25, -0.2) is 0 Å². The summed E-state index contributed by atoms with van der Waals surface area (Å²) in [6.07, 6.45) is 4.18. The second kappa shape index (κ2) is 5.83. The van der Waals surface area contributed by atoms with Gasteiger partial charge in [-0.15, -0.1) is 0 Å². The third-order valence-electron chi connectivity index (χ3n) is 4.01. The normalized spacial score (nSPS) is 19.7. The lowest BCUT2D eigenvalue weighted by molar-refractivity contribution is -0.139. The maximum atomic E-state index is 12.0. The molecule has 0 unspecified atom stereocenters. The summed E-state index contributed by atoms with van der Waals surface area (Å²) in [7, 11) is 0. The average Bonchev–Trinajstić information content (AvgIpc) is 3.03. The van der Waals surface area contributed by atoms with Crippen LogP contribution < -0.4 is 9.47 Å². The average molecular weight is 301 g/mol. The van der Waals surface area contributed by atoms with E-state index in [1.165, 1.54) is 17.1 Å². The Hall–Kier alpha value is -2.30. The number of nitrogens with zero attached hydrogens (tertiary/aromatic N) is 1. The number of fused-ring (bicyclic) bond motifs is 1. The second-order valence-electron chi connectivity index (χ2n) is 5.29. The van der Waals surface area contributed by atoms with Gasteiger partial charge in [-0.1, -0.05) is 0 Å². The zero-order valence-electron chi connectivity index (χ0n) is 12.8. The van der Waals surface area contributed by atoms with E-state index in [0.717, 1.165) is 29.7 Å². The highest BCUT2D eigenvalue weighted by Crippen LogP contribution is 2.43. The van der Waals surface area contributed by atoms with Crippen LogP contribution in [0.1, 0.15) is 37.4 Å². The van der Waals surface area contributed by atoms with Crippen LogP contribution in [-0.4, -0.2) is 29.9 Å². The van der Waals surface area contributed by atoms with Crippen LogP contribution in [0, 0.1) is 0 Å². The molecule has 3 rings (SSSR count). The van der Waals surface area contributed by atoms with Gasteiger partial charge in [0.25, 0.3) is 11.8 Å². The minimum Gasteiger partial charge on any atom is -0.494 e. The molecule has 0 radical (unpaired) electrons. The lowest BCUT2D eigenvalue weighted by Crippen LogP contribution is -2.33. The molecule has 1 aliphatic carbocycles. The van der Waals surface area contributed by atoms with Crippen LogP contribution in [0.2, 0.25) is 0 Å². The van der Waals surface area contributed by atoms with Crippen molar-refractivity contribution in [1.82, 2.24) is 4.90 Å². The van der Waals surface area contributed by atoms with Crippen molar-refractivity contribution >= 4 is 11.8 Å². The monoisotopic (exact) mass is 301 g/mol. The fraction of sp³-hybridized carbons (Fsp3) is 0.412. The van der Waals surface area contributed by atoms with Crippen molar-refractivity contribution in [3.05, 3.63) is 35.4 Å². The van der Waals surface area contributed by atoms with Crippen molar-refractivity contribution < 1.29 is 19.1 Å². The lowest BCUT2D eigenvalue weighted by Gasteiger charge is -2.23. The molecule has 1 aromatic rings. The zero-order valence-corrected chi connectivity index (χ0v) is 12.8. The highest BCUT2D eigenvalue weighted by molar-refractivity contribution is 6.13. The molecule has 1 heterocycles. The van der Waals surface area contributed by atoms with E-state index in [1.807, 2.05) is 26.0 Å². The molecule has 0 fully saturated rings. The summed E-state index contributed by atoms with van der Waals surface area (Å²) in [5.41, 5.74) is 2.03. The molecule has 5 heteroatoms. The Bertz CT molecular complexity index is 632. The van der Waals surface area contributed by atoms with Gasteiger partial charge in [0.05, 0.1) is 19.3 Å². The molecule has 0 saturated heterocycles. The van der Waals surface area contributed by atoms with E-state index in [0.29, 0.717) is 19.0 Å². The van der Waals surface area contributed by atoms with Crippen molar-refractivity contribution in [1.29, 1.82) is 0 Å². The first-order valence-electron chi connectivity index (χ1n) is 7.63. The molecule has 2 aliphatic rings. The molecule has 0 saturated carbocycles. The van der Waals surface area contributed by atoms with Gasteiger partial charge in [-0.2, -0.15) is 0 Å². The van der Waals surface area contributed by atoms with E-state index in [-0.39, 0.29) is 17.9 Å². The van der Waals surface area contributed by atoms with Crippen molar-refractivity contribution in [2.75, 3.05) is 13.2 Å². The van der Waals surface area contributed by atoms with Gasteiger partial charge in [0.15, 0.2) is 0 Å². The summed E-state index contributed by atoms with van der Waals surface area (Å²) in [4.78, 5) is 25.2. The summed E-state index contributed by atoms with van der Waals surface area (Å²) in [5.74, 6) is 1.01. The molecular weight excluding hydrogens is 282 g/mol. The first-order valence-corrected chi connectivity index (χ1v) is 7.63. The molecule has 5 nitrogen and oxygen atoms in total. The lowest BCUT2D eigenvalue weighted by atomic mass is 10.1. The zero-order chi connectivity index (χ0) is 15.7. The molecular formula is C17H19NO4. The number of benzene rings is 1. The molecule has 2 amide bonds. The van der Waals surface area contributed by atoms with Crippen LogP contribution in [0.4, 0.5) is 0 Å². The van der Waals surface area contributed by atoms with Crippen molar-refractivity contribution in [2.45, 2.75) is 32.7 Å². The SMILES string of the molecule is CCOc1cc(OCC)c2c(c1)[C@@H](N1C(=O)C=CC1=O)CC2. The first kappa shape index (κ1) is 14.6. The number of amides is 2. The fourth-order valence-corrected chi connectivity index (χ4v) is 3.16. The predicted molar refractivity (Wildman–Crippen MR) is 80.8 cm³/mol. The molecule has 0 aromatic heterocycles. The van der Waals surface area contributed by atoms with Gasteiger partial charge in [0, 0.05) is 18.2 Å². The Balaban J connectivity index is 2.01. The summed E-state index contributed by atoms with van der Waals surface area (Å²) in [5, 5.41) is 0. The molecule has 1 atom stereocenters. The number of imide groups is 1. The van der Waals surface area contributed by atoms with E-state index in [9.17, 15) is 9.59 Å². The molecule has 0 N–H and O–H groups in total. The van der Waals surface area contributed by atoms with Gasteiger partial charge in [-0.3, -0.25) is 14.5 Å². The Morgan fingerprint density at radius 3 is 2.41 bits per heavy atom. The Labute approximate surface area is 129 Å². The summed E-state index contributed by atoms with van der Waals surface area (Å²) in [6, 6.07) is 3.59. The van der Waals surface area contributed by atoms with Gasteiger partial charge in [-0.05, 0) is 43.9 Å². The number of hydrogen-bond donors (Lipinski definition) is 0. The third kappa shape index (κ3) is 2.36.